The molecular formula is C22H17ClN4O5S. The minimum Gasteiger partial charge on any atom is -0.353 e. The van der Waals surface area contributed by atoms with Crippen molar-refractivity contribution in [1.82, 2.24) is 20.0 Å². The summed E-state index contributed by atoms with van der Waals surface area (Å²) >= 11 is 6.67. The molecule has 168 valence electrons. The zero-order valence-electron chi connectivity index (χ0n) is 17.0. The molecule has 0 bridgehead atoms. The summed E-state index contributed by atoms with van der Waals surface area (Å²) in [5, 5.41) is 5.50. The molecule has 0 atom stereocenters. The number of H-pyrrole nitrogens is 1. The molecule has 0 saturated carbocycles. The molecule has 2 aromatic carbocycles. The molecule has 0 aliphatic carbocycles. The minimum absolute atomic E-state index is 0.00232. The molecule has 3 aromatic rings. The van der Waals surface area contributed by atoms with Crippen molar-refractivity contribution < 1.29 is 14.4 Å². The molecule has 9 nitrogen and oxygen atoms in total. The van der Waals surface area contributed by atoms with Gasteiger partial charge in [-0.25, -0.2) is 4.68 Å². The second kappa shape index (κ2) is 9.47. The number of rotatable bonds is 6. The highest BCUT2D eigenvalue weighted by Gasteiger charge is 2.34. The molecule has 11 heteroatoms. The van der Waals surface area contributed by atoms with Gasteiger partial charge in [0, 0.05) is 18.1 Å². The van der Waals surface area contributed by atoms with Crippen LogP contribution in [0, 0.1) is 0 Å². The van der Waals surface area contributed by atoms with Crippen LogP contribution in [0.15, 0.2) is 63.0 Å². The summed E-state index contributed by atoms with van der Waals surface area (Å²) in [6.45, 7) is -0.438. The Hall–Kier alpha value is -3.63. The first-order valence-corrected chi connectivity index (χ1v) is 11.0. The number of nitrogens with one attached hydrogen (secondary N) is 2. The predicted octanol–water partition coefficient (Wildman–Crippen LogP) is 2.20. The first-order valence-electron chi connectivity index (χ1n) is 9.83. The lowest BCUT2D eigenvalue weighted by Crippen LogP contribution is -2.40. The third-order valence-corrected chi connectivity index (χ3v) is 6.04. The van der Waals surface area contributed by atoms with Gasteiger partial charge in [-0.3, -0.25) is 34.0 Å². The number of halogens is 1. The molecule has 33 heavy (non-hydrogen) atoms. The maximum Gasteiger partial charge on any atom is 0.293 e. The van der Waals surface area contributed by atoms with Gasteiger partial charge in [0.1, 0.15) is 6.54 Å². The number of fused-ring (bicyclic) bond motifs is 1. The van der Waals surface area contributed by atoms with Gasteiger partial charge >= 0.3 is 0 Å². The molecule has 1 saturated heterocycles. The number of hydrogen-bond acceptors (Lipinski definition) is 6. The smallest absolute Gasteiger partial charge is 0.293 e. The van der Waals surface area contributed by atoms with Gasteiger partial charge < -0.3 is 5.32 Å². The van der Waals surface area contributed by atoms with Gasteiger partial charge in [0.25, 0.3) is 22.3 Å². The van der Waals surface area contributed by atoms with Crippen LogP contribution in [-0.2, 0) is 16.1 Å². The summed E-state index contributed by atoms with van der Waals surface area (Å²) in [5.41, 5.74) is -0.255. The van der Waals surface area contributed by atoms with Crippen molar-refractivity contribution in [3.05, 3.63) is 84.7 Å². The first kappa shape index (κ1) is 22.6. The number of aromatic nitrogens is 2. The van der Waals surface area contributed by atoms with Gasteiger partial charge in [0.15, 0.2) is 0 Å². The Kier molecular flexibility index (Phi) is 6.47. The van der Waals surface area contributed by atoms with Gasteiger partial charge in [-0.05, 0) is 47.7 Å². The fourth-order valence-electron chi connectivity index (χ4n) is 3.27. The zero-order chi connectivity index (χ0) is 23.5. The van der Waals surface area contributed by atoms with Gasteiger partial charge in [0.05, 0.1) is 15.7 Å². The van der Waals surface area contributed by atoms with E-state index in [1.165, 1.54) is 12.1 Å². The summed E-state index contributed by atoms with van der Waals surface area (Å²) in [5.74, 6) is -1.00. The third-order valence-electron chi connectivity index (χ3n) is 4.88. The van der Waals surface area contributed by atoms with E-state index >= 15 is 0 Å². The van der Waals surface area contributed by atoms with Gasteiger partial charge in [-0.2, -0.15) is 0 Å². The SMILES string of the molecule is O=C(Cn1[nH]c(=O)c2ccccc2c1=O)NCCN1C(=O)S/C(=C/c2ccc(Cl)cc2)C1=O. The number of carbonyl (C=O) groups is 3. The molecular weight excluding hydrogens is 468 g/mol. The lowest BCUT2D eigenvalue weighted by atomic mass is 10.2. The second-order valence-electron chi connectivity index (χ2n) is 7.11. The van der Waals surface area contributed by atoms with Crippen LogP contribution in [0.1, 0.15) is 5.56 Å². The number of carbonyl (C=O) groups excluding carboxylic acids is 3. The lowest BCUT2D eigenvalue weighted by Gasteiger charge is -2.13. The van der Waals surface area contributed by atoms with E-state index in [0.29, 0.717) is 5.02 Å². The summed E-state index contributed by atoms with van der Waals surface area (Å²) < 4.78 is 0.926. The number of thioether (sulfide) groups is 1. The fourth-order valence-corrected chi connectivity index (χ4v) is 4.26. The van der Waals surface area contributed by atoms with E-state index in [4.69, 9.17) is 11.6 Å². The highest BCUT2D eigenvalue weighted by Crippen LogP contribution is 2.32. The summed E-state index contributed by atoms with van der Waals surface area (Å²) in [6, 6.07) is 13.1. The number of nitrogens with zero attached hydrogens (tertiary/aromatic N) is 2. The van der Waals surface area contributed by atoms with Crippen molar-refractivity contribution in [3.63, 3.8) is 0 Å². The van der Waals surface area contributed by atoms with Crippen LogP contribution in [0.25, 0.3) is 16.8 Å². The Labute approximate surface area is 196 Å². The van der Waals surface area contributed by atoms with Crippen LogP contribution in [-0.4, -0.2) is 44.8 Å². The van der Waals surface area contributed by atoms with E-state index in [-0.39, 0.29) is 28.8 Å². The number of aromatic amines is 1. The Balaban J connectivity index is 1.36. The van der Waals surface area contributed by atoms with Crippen LogP contribution in [0.3, 0.4) is 0 Å². The zero-order valence-corrected chi connectivity index (χ0v) is 18.6. The molecule has 4 rings (SSSR count). The molecule has 1 aliphatic rings. The Bertz CT molecular complexity index is 1410. The van der Waals surface area contributed by atoms with Crippen LogP contribution in [0.4, 0.5) is 4.79 Å². The van der Waals surface area contributed by atoms with Crippen molar-refractivity contribution in [1.29, 1.82) is 0 Å². The number of benzene rings is 2. The van der Waals surface area contributed by atoms with Crippen molar-refractivity contribution in [2.24, 2.45) is 0 Å². The average Bonchev–Trinajstić information content (AvgIpc) is 3.06. The summed E-state index contributed by atoms with van der Waals surface area (Å²) in [6.07, 6.45) is 1.60. The molecule has 2 heterocycles. The maximum absolute atomic E-state index is 12.6. The highest BCUT2D eigenvalue weighted by atomic mass is 35.5. The van der Waals surface area contributed by atoms with Gasteiger partial charge in [-0.15, -0.1) is 0 Å². The van der Waals surface area contributed by atoms with E-state index in [1.54, 1.807) is 42.5 Å². The normalized spacial score (nSPS) is 14.9. The maximum atomic E-state index is 12.6. The monoisotopic (exact) mass is 484 g/mol. The fraction of sp³-hybridized carbons (Fsp3) is 0.136. The van der Waals surface area contributed by atoms with E-state index in [2.05, 4.69) is 10.4 Å². The van der Waals surface area contributed by atoms with Gasteiger partial charge in [-0.1, -0.05) is 35.9 Å². The Morgan fingerprint density at radius 3 is 2.45 bits per heavy atom. The molecule has 3 amide bonds. The Morgan fingerprint density at radius 1 is 1.03 bits per heavy atom. The van der Waals surface area contributed by atoms with Crippen LogP contribution < -0.4 is 16.4 Å². The van der Waals surface area contributed by atoms with Crippen molar-refractivity contribution in [2.45, 2.75) is 6.54 Å². The van der Waals surface area contributed by atoms with Crippen molar-refractivity contribution in [3.8, 4) is 0 Å². The largest absolute Gasteiger partial charge is 0.353 e. The van der Waals surface area contributed by atoms with Crippen LogP contribution in [0.2, 0.25) is 5.02 Å². The van der Waals surface area contributed by atoms with E-state index < -0.39 is 34.7 Å². The summed E-state index contributed by atoms with van der Waals surface area (Å²) in [7, 11) is 0. The number of imide groups is 1. The average molecular weight is 485 g/mol. The predicted molar refractivity (Wildman–Crippen MR) is 126 cm³/mol. The first-order chi connectivity index (χ1) is 15.8. The quantitative estimate of drug-likeness (QED) is 0.517. The molecule has 0 radical (unpaired) electrons. The van der Waals surface area contributed by atoms with Crippen LogP contribution in [0.5, 0.6) is 0 Å². The van der Waals surface area contributed by atoms with E-state index in [0.717, 1.165) is 26.9 Å². The molecule has 2 N–H and O–H groups in total. The topological polar surface area (TPSA) is 121 Å². The molecule has 0 unspecified atom stereocenters. The minimum atomic E-state index is -0.549. The summed E-state index contributed by atoms with van der Waals surface area (Å²) in [4.78, 5) is 63.0. The van der Waals surface area contributed by atoms with Crippen LogP contribution >= 0.6 is 23.4 Å². The van der Waals surface area contributed by atoms with E-state index in [9.17, 15) is 24.0 Å². The molecule has 1 fully saturated rings. The second-order valence-corrected chi connectivity index (χ2v) is 8.54. The third kappa shape index (κ3) is 4.91. The van der Waals surface area contributed by atoms with Gasteiger partial charge in [0.2, 0.25) is 5.91 Å². The van der Waals surface area contributed by atoms with Crippen molar-refractivity contribution >= 4 is 57.3 Å². The Morgan fingerprint density at radius 2 is 1.73 bits per heavy atom. The highest BCUT2D eigenvalue weighted by molar-refractivity contribution is 8.18. The molecule has 1 aliphatic heterocycles. The van der Waals surface area contributed by atoms with E-state index in [1.807, 2.05) is 0 Å². The number of amides is 3. The molecule has 1 aromatic heterocycles. The number of hydrogen-bond donors (Lipinski definition) is 2. The standard InChI is InChI=1S/C22H17ClN4O5S/c23-14-7-5-13(6-8-14)11-17-21(31)26(22(32)33-17)10-9-24-18(28)12-27-20(30)16-4-2-1-3-15(16)19(29)25-27/h1-8,11H,9-10,12H2,(H,24,28)(H,25,29)/b17-11+. The van der Waals surface area contributed by atoms with Crippen molar-refractivity contribution in [2.75, 3.05) is 13.1 Å². The lowest BCUT2D eigenvalue weighted by molar-refractivity contribution is -0.124. The molecule has 0 spiro atoms.